The lowest BCUT2D eigenvalue weighted by molar-refractivity contribution is -0.207. The monoisotopic (exact) mass is 718 g/mol. The van der Waals surface area contributed by atoms with Gasteiger partial charge in [-0.05, 0) is 55.8 Å². The van der Waals surface area contributed by atoms with E-state index >= 15 is 0 Å². The van der Waals surface area contributed by atoms with E-state index in [9.17, 15) is 9.67 Å². The summed E-state index contributed by atoms with van der Waals surface area (Å²) in [6.07, 6.45) is 0.135. The van der Waals surface area contributed by atoms with Gasteiger partial charge in [0.25, 0.3) is 0 Å². The van der Waals surface area contributed by atoms with Crippen LogP contribution >= 0.6 is 19.2 Å². The number of hydrogen-bond donors (Lipinski definition) is 1. The molecular formula is C27H44ClN8O9PSi. The summed E-state index contributed by atoms with van der Waals surface area (Å²) in [7, 11) is -5.50. The van der Waals surface area contributed by atoms with Crippen molar-refractivity contribution in [3.8, 4) is 0 Å². The van der Waals surface area contributed by atoms with Gasteiger partial charge in [0, 0.05) is 20.9 Å². The topological polar surface area (TPSA) is 189 Å². The minimum Gasteiger partial charge on any atom is -0.393 e. The molecule has 5 atom stereocenters. The van der Waals surface area contributed by atoms with Gasteiger partial charge in [0.05, 0.1) is 44.4 Å². The van der Waals surface area contributed by atoms with Crippen LogP contribution < -0.4 is 0 Å². The third-order valence-corrected chi connectivity index (χ3v) is 12.3. The molecule has 0 unspecified atom stereocenters. The molecule has 2 aliphatic heterocycles. The number of halogens is 1. The fraction of sp³-hybridized carbons (Fsp3) is 0.778. The van der Waals surface area contributed by atoms with Crippen molar-refractivity contribution in [2.24, 2.45) is 0 Å². The molecule has 5 rings (SSSR count). The first kappa shape index (κ1) is 36.3. The largest absolute Gasteiger partial charge is 0.393 e. The van der Waals surface area contributed by atoms with Crippen molar-refractivity contribution in [1.82, 2.24) is 40.0 Å². The molecule has 0 amide bonds. The molecule has 0 aromatic carbocycles. The lowest BCUT2D eigenvalue weighted by atomic mass is 10.1. The molecule has 47 heavy (non-hydrogen) atoms. The molecule has 0 saturated carbocycles. The molecule has 20 heteroatoms. The Morgan fingerprint density at radius 2 is 1.87 bits per heavy atom. The van der Waals surface area contributed by atoms with Crippen molar-refractivity contribution in [1.29, 1.82) is 0 Å². The maximum atomic E-state index is 14.5. The van der Waals surface area contributed by atoms with Gasteiger partial charge in [-0.2, -0.15) is 10.1 Å². The summed E-state index contributed by atoms with van der Waals surface area (Å²) in [4.78, 5) is 8.36. The highest BCUT2D eigenvalue weighted by Gasteiger charge is 2.59. The van der Waals surface area contributed by atoms with Gasteiger partial charge in [0.2, 0.25) is 5.28 Å². The summed E-state index contributed by atoms with van der Waals surface area (Å²) in [6.45, 7) is 13.4. The number of ether oxygens (including phenoxy) is 5. The van der Waals surface area contributed by atoms with Crippen LogP contribution in [0.1, 0.15) is 39.7 Å². The first-order valence-electron chi connectivity index (χ1n) is 15.6. The smallest absolute Gasteiger partial charge is 0.365 e. The Balaban J connectivity index is 1.42. The SMILES string of the molecule is CCOP(=O)(OCC)[C@@](CO)(Cc1nnnn1COCC[Si](C)(C)C)OC[C@H]1O[C@@H](n2ncc3cnc(Cl)nc32)[C@@H]2OC(C)(C)O[C@@H]21. The third kappa shape index (κ3) is 7.93. The third-order valence-electron chi connectivity index (χ3n) is 7.78. The van der Waals surface area contributed by atoms with Crippen LogP contribution in [0.2, 0.25) is 31.0 Å². The van der Waals surface area contributed by atoms with Crippen LogP contribution in [0.5, 0.6) is 0 Å². The first-order chi connectivity index (χ1) is 22.2. The van der Waals surface area contributed by atoms with Crippen LogP contribution in [0.15, 0.2) is 12.4 Å². The van der Waals surface area contributed by atoms with Crippen molar-refractivity contribution in [3.63, 3.8) is 0 Å². The second kappa shape index (κ2) is 14.5. The standard InChI is InChI=1S/C27H44ClN8O9PSi/c1-8-41-46(38,42-9-2)27(16-37,12-20-32-33-34-35(20)17-39-10-11-47(5,6)7)40-15-19-21-22(45-26(3,4)44-21)24(43-19)36-23-18(14-30-36)13-29-25(28)31-23/h13-14,19,21-22,24,37H,8-12,15-17H2,1-7H3/t19-,21-,22-,24-,27-/m1/s1. The Morgan fingerprint density at radius 1 is 1.15 bits per heavy atom. The summed E-state index contributed by atoms with van der Waals surface area (Å²) in [6, 6.07) is 0.958. The molecule has 3 aromatic rings. The Kier molecular flexibility index (Phi) is 11.2. The maximum absolute atomic E-state index is 14.5. The average molecular weight is 719 g/mol. The first-order valence-corrected chi connectivity index (χ1v) is 21.2. The lowest BCUT2D eigenvalue weighted by Crippen LogP contribution is -2.45. The van der Waals surface area contributed by atoms with Crippen LogP contribution in [0.25, 0.3) is 11.0 Å². The number of hydrogen-bond acceptors (Lipinski definition) is 15. The molecule has 3 aromatic heterocycles. The van der Waals surface area contributed by atoms with Gasteiger partial charge in [-0.3, -0.25) is 4.57 Å². The molecule has 0 aliphatic carbocycles. The number of nitrogens with zero attached hydrogens (tertiary/aromatic N) is 8. The Labute approximate surface area is 279 Å². The van der Waals surface area contributed by atoms with Gasteiger partial charge in [0.1, 0.15) is 25.0 Å². The minimum atomic E-state index is -4.18. The molecule has 2 aliphatic rings. The van der Waals surface area contributed by atoms with E-state index in [0.29, 0.717) is 17.6 Å². The van der Waals surface area contributed by atoms with E-state index in [1.54, 1.807) is 44.8 Å². The lowest BCUT2D eigenvalue weighted by Gasteiger charge is -2.37. The molecule has 0 bridgehead atoms. The summed E-state index contributed by atoms with van der Waals surface area (Å²) in [5, 5.41) is 26.2. The Morgan fingerprint density at radius 3 is 2.55 bits per heavy atom. The zero-order chi connectivity index (χ0) is 34.0. The molecule has 2 fully saturated rings. The van der Waals surface area contributed by atoms with E-state index in [-0.39, 0.29) is 44.1 Å². The zero-order valence-electron chi connectivity index (χ0n) is 27.7. The van der Waals surface area contributed by atoms with Crippen molar-refractivity contribution in [2.75, 3.05) is 33.0 Å². The number of fused-ring (bicyclic) bond motifs is 2. The highest BCUT2D eigenvalue weighted by atomic mass is 35.5. The second-order valence-corrected chi connectivity index (χ2v) is 21.3. The molecule has 1 N–H and O–H groups in total. The molecular weight excluding hydrogens is 675 g/mol. The number of aliphatic hydroxyl groups excluding tert-OH is 1. The number of rotatable bonds is 17. The molecule has 262 valence electrons. The van der Waals surface area contributed by atoms with Crippen LogP contribution in [0.3, 0.4) is 0 Å². The van der Waals surface area contributed by atoms with E-state index in [1.165, 1.54) is 4.68 Å². The molecule has 2 saturated heterocycles. The van der Waals surface area contributed by atoms with Gasteiger partial charge < -0.3 is 37.8 Å². The van der Waals surface area contributed by atoms with Gasteiger partial charge in [-0.25, -0.2) is 14.3 Å². The fourth-order valence-corrected chi connectivity index (χ4v) is 8.33. The van der Waals surface area contributed by atoms with Crippen molar-refractivity contribution in [3.05, 3.63) is 23.5 Å². The van der Waals surface area contributed by atoms with E-state index in [2.05, 4.69) is 50.2 Å². The van der Waals surface area contributed by atoms with Crippen LogP contribution in [0, 0.1) is 0 Å². The van der Waals surface area contributed by atoms with Crippen LogP contribution in [0.4, 0.5) is 0 Å². The van der Waals surface area contributed by atoms with Crippen molar-refractivity contribution < 1.29 is 42.4 Å². The number of aromatic nitrogens is 8. The van der Waals surface area contributed by atoms with E-state index in [4.69, 9.17) is 44.3 Å². The van der Waals surface area contributed by atoms with Crippen LogP contribution in [-0.4, -0.2) is 116 Å². The van der Waals surface area contributed by atoms with E-state index in [1.807, 2.05) is 0 Å². The van der Waals surface area contributed by atoms with Crippen LogP contribution in [-0.2, 0) is 50.4 Å². The molecule has 0 radical (unpaired) electrons. The van der Waals surface area contributed by atoms with E-state index < -0.39 is 57.9 Å². The Hall–Kier alpha value is -1.96. The zero-order valence-corrected chi connectivity index (χ0v) is 30.4. The molecule has 5 heterocycles. The van der Waals surface area contributed by atoms with Gasteiger partial charge in [-0.1, -0.05) is 19.6 Å². The predicted molar refractivity (Wildman–Crippen MR) is 170 cm³/mol. The van der Waals surface area contributed by atoms with Gasteiger partial charge >= 0.3 is 7.60 Å². The molecule has 0 spiro atoms. The van der Waals surface area contributed by atoms with Gasteiger partial charge in [0.15, 0.2) is 28.8 Å². The number of aliphatic hydroxyl groups is 1. The fourth-order valence-electron chi connectivity index (χ4n) is 5.48. The quantitative estimate of drug-likeness (QED) is 0.0924. The number of tetrazole rings is 1. The summed E-state index contributed by atoms with van der Waals surface area (Å²) in [5.41, 5.74) is 0.449. The van der Waals surface area contributed by atoms with Gasteiger partial charge in [-0.15, -0.1) is 5.10 Å². The van der Waals surface area contributed by atoms with E-state index in [0.717, 1.165) is 6.04 Å². The summed E-state index contributed by atoms with van der Waals surface area (Å²) >= 11 is 6.10. The van der Waals surface area contributed by atoms with Crippen molar-refractivity contribution >= 4 is 38.3 Å². The summed E-state index contributed by atoms with van der Waals surface area (Å²) < 4.78 is 60.2. The summed E-state index contributed by atoms with van der Waals surface area (Å²) in [5.74, 6) is -0.695. The van der Waals surface area contributed by atoms with Crippen molar-refractivity contribution in [2.45, 2.75) is 102 Å². The second-order valence-electron chi connectivity index (χ2n) is 13.0. The highest BCUT2D eigenvalue weighted by Crippen LogP contribution is 2.62. The molecule has 17 nitrogen and oxygen atoms in total. The minimum absolute atomic E-state index is 0.0295. The highest BCUT2D eigenvalue weighted by molar-refractivity contribution is 7.55. The predicted octanol–water partition coefficient (Wildman–Crippen LogP) is 3.41. The Bertz CT molecular complexity index is 1550. The average Bonchev–Trinajstić information content (AvgIpc) is 3.76. The normalized spacial score (nSPS) is 24.2. The maximum Gasteiger partial charge on any atom is 0.365 e.